The van der Waals surface area contributed by atoms with Gasteiger partial charge in [0.2, 0.25) is 0 Å². The molecule has 25 heavy (non-hydrogen) atoms. The number of nitrogens with one attached hydrogen (secondary N) is 1. The lowest BCUT2D eigenvalue weighted by molar-refractivity contribution is 0.108. The van der Waals surface area contributed by atoms with Gasteiger partial charge in [0.05, 0.1) is 6.54 Å². The molecule has 4 rings (SSSR count). The first-order valence-corrected chi connectivity index (χ1v) is 9.31. The number of rotatable bonds is 2. The number of amides is 3. The molecule has 2 saturated heterocycles. The molecule has 6 heteroatoms. The number of cyclic esters (lactones) is 1. The topological polar surface area (TPSA) is 61.9 Å². The zero-order valence-corrected chi connectivity index (χ0v) is 14.4. The smallest absolute Gasteiger partial charge is 0.414 e. The lowest BCUT2D eigenvalue weighted by atomic mass is 9.75. The third kappa shape index (κ3) is 3.43. The molecule has 1 aliphatic carbocycles. The van der Waals surface area contributed by atoms with Crippen LogP contribution in [0, 0.1) is 11.8 Å². The van der Waals surface area contributed by atoms with E-state index in [1.54, 1.807) is 4.90 Å². The van der Waals surface area contributed by atoms with E-state index in [0.29, 0.717) is 19.1 Å². The largest absolute Gasteiger partial charge is 0.447 e. The third-order valence-electron chi connectivity index (χ3n) is 5.77. The molecular formula is C19H25N3O3. The summed E-state index contributed by atoms with van der Waals surface area (Å²) in [5, 5.41) is 2.99. The van der Waals surface area contributed by atoms with Crippen LogP contribution in [0.25, 0.3) is 0 Å². The van der Waals surface area contributed by atoms with Crippen LogP contribution < -0.4 is 10.2 Å². The fourth-order valence-electron chi connectivity index (χ4n) is 4.34. The number of carbonyl (C=O) groups excluding carboxylic acids is 2. The van der Waals surface area contributed by atoms with Gasteiger partial charge in [-0.2, -0.15) is 0 Å². The number of urea groups is 1. The Labute approximate surface area is 148 Å². The van der Waals surface area contributed by atoms with Crippen LogP contribution in [0.5, 0.6) is 0 Å². The van der Waals surface area contributed by atoms with Gasteiger partial charge in [0.25, 0.3) is 0 Å². The maximum Gasteiger partial charge on any atom is 0.414 e. The first kappa shape index (κ1) is 16.2. The molecule has 3 aliphatic rings. The number of benzene rings is 1. The molecule has 2 heterocycles. The predicted octanol–water partition coefficient (Wildman–Crippen LogP) is 3.69. The Morgan fingerprint density at radius 2 is 1.80 bits per heavy atom. The lowest BCUT2D eigenvalue weighted by Gasteiger charge is -2.41. The number of anilines is 2. The minimum atomic E-state index is -0.313. The van der Waals surface area contributed by atoms with Crippen LogP contribution in [0.3, 0.4) is 0 Å². The van der Waals surface area contributed by atoms with Gasteiger partial charge in [0.1, 0.15) is 6.61 Å². The maximum absolute atomic E-state index is 12.6. The molecule has 1 N–H and O–H groups in total. The highest BCUT2D eigenvalue weighted by Gasteiger charge is 2.33. The summed E-state index contributed by atoms with van der Waals surface area (Å²) >= 11 is 0. The summed E-state index contributed by atoms with van der Waals surface area (Å²) in [7, 11) is 0. The summed E-state index contributed by atoms with van der Waals surface area (Å²) in [6, 6.07) is 7.35. The van der Waals surface area contributed by atoms with E-state index in [9.17, 15) is 9.59 Å². The normalized spacial score (nSPS) is 26.2. The van der Waals surface area contributed by atoms with Crippen molar-refractivity contribution >= 4 is 23.5 Å². The SMILES string of the molecule is O=C(Nc1ccc(N2CCOC2=O)cc1)N1CC[C@@H]2CCCC[C@H]2C1. The maximum atomic E-state index is 12.6. The second-order valence-electron chi connectivity index (χ2n) is 7.28. The summed E-state index contributed by atoms with van der Waals surface area (Å²) < 4.78 is 4.95. The average Bonchev–Trinajstić information content (AvgIpc) is 3.08. The van der Waals surface area contributed by atoms with Gasteiger partial charge in [-0.15, -0.1) is 0 Å². The van der Waals surface area contributed by atoms with Crippen molar-refractivity contribution in [3.05, 3.63) is 24.3 Å². The Kier molecular flexibility index (Phi) is 4.51. The molecule has 3 amide bonds. The highest BCUT2D eigenvalue weighted by atomic mass is 16.6. The standard InChI is InChI=1S/C19H25N3O3/c23-18(21-10-9-14-3-1-2-4-15(14)13-21)20-16-5-7-17(8-6-16)22-11-12-25-19(22)24/h5-8,14-15H,1-4,9-13H2,(H,20,23)/t14-,15-/m0/s1. The number of piperidine rings is 1. The molecule has 0 bridgehead atoms. The van der Waals surface area contributed by atoms with Crippen LogP contribution in [0.1, 0.15) is 32.1 Å². The number of likely N-dealkylation sites (tertiary alicyclic amines) is 1. The van der Waals surface area contributed by atoms with E-state index in [-0.39, 0.29) is 12.1 Å². The van der Waals surface area contributed by atoms with E-state index in [2.05, 4.69) is 5.32 Å². The molecule has 134 valence electrons. The number of carbonyl (C=O) groups is 2. The molecule has 0 radical (unpaired) electrons. The van der Waals surface area contributed by atoms with Crippen LogP contribution in [0.15, 0.2) is 24.3 Å². The molecule has 6 nitrogen and oxygen atoms in total. The van der Waals surface area contributed by atoms with Crippen LogP contribution in [0.2, 0.25) is 0 Å². The quantitative estimate of drug-likeness (QED) is 0.891. The van der Waals surface area contributed by atoms with E-state index in [1.165, 1.54) is 25.7 Å². The monoisotopic (exact) mass is 343 g/mol. The van der Waals surface area contributed by atoms with Crippen molar-refractivity contribution in [1.29, 1.82) is 0 Å². The molecule has 3 fully saturated rings. The molecule has 1 aromatic carbocycles. The number of hydrogen-bond donors (Lipinski definition) is 1. The highest BCUT2D eigenvalue weighted by molar-refractivity contribution is 5.91. The van der Waals surface area contributed by atoms with Crippen molar-refractivity contribution in [2.24, 2.45) is 11.8 Å². The van der Waals surface area contributed by atoms with Crippen LogP contribution in [-0.4, -0.2) is 43.3 Å². The zero-order chi connectivity index (χ0) is 17.2. The first-order valence-electron chi connectivity index (χ1n) is 9.31. The Bertz CT molecular complexity index is 646. The van der Waals surface area contributed by atoms with E-state index >= 15 is 0 Å². The minimum absolute atomic E-state index is 0.0163. The molecule has 2 aliphatic heterocycles. The van der Waals surface area contributed by atoms with E-state index < -0.39 is 0 Å². The second kappa shape index (κ2) is 6.94. The van der Waals surface area contributed by atoms with E-state index in [1.807, 2.05) is 29.2 Å². The molecule has 1 aromatic rings. The summed E-state index contributed by atoms with van der Waals surface area (Å²) in [6.07, 6.45) is 6.07. The lowest BCUT2D eigenvalue weighted by Crippen LogP contribution is -2.46. The second-order valence-corrected chi connectivity index (χ2v) is 7.28. The van der Waals surface area contributed by atoms with Crippen LogP contribution >= 0.6 is 0 Å². The Morgan fingerprint density at radius 3 is 2.52 bits per heavy atom. The van der Waals surface area contributed by atoms with Crippen molar-refractivity contribution in [1.82, 2.24) is 4.90 Å². The van der Waals surface area contributed by atoms with Crippen LogP contribution in [0.4, 0.5) is 21.0 Å². The Morgan fingerprint density at radius 1 is 1.04 bits per heavy atom. The molecular weight excluding hydrogens is 318 g/mol. The Hall–Kier alpha value is -2.24. The zero-order valence-electron chi connectivity index (χ0n) is 14.4. The molecule has 2 atom stereocenters. The van der Waals surface area contributed by atoms with Gasteiger partial charge in [0, 0.05) is 24.5 Å². The summed E-state index contributed by atoms with van der Waals surface area (Å²) in [5.74, 6) is 1.49. The molecule has 0 aromatic heterocycles. The summed E-state index contributed by atoms with van der Waals surface area (Å²) in [6.45, 7) is 2.73. The number of nitrogens with zero attached hydrogens (tertiary/aromatic N) is 2. The number of ether oxygens (including phenoxy) is 1. The fraction of sp³-hybridized carbons (Fsp3) is 0.579. The van der Waals surface area contributed by atoms with Gasteiger partial charge in [-0.05, 0) is 48.9 Å². The minimum Gasteiger partial charge on any atom is -0.447 e. The third-order valence-corrected chi connectivity index (χ3v) is 5.77. The van der Waals surface area contributed by atoms with Crippen LogP contribution in [-0.2, 0) is 4.74 Å². The van der Waals surface area contributed by atoms with Crippen molar-refractivity contribution < 1.29 is 14.3 Å². The van der Waals surface area contributed by atoms with Crippen molar-refractivity contribution in [2.75, 3.05) is 36.5 Å². The molecule has 0 unspecified atom stereocenters. The van der Waals surface area contributed by atoms with Crippen molar-refractivity contribution in [3.63, 3.8) is 0 Å². The summed E-state index contributed by atoms with van der Waals surface area (Å²) in [4.78, 5) is 27.7. The van der Waals surface area contributed by atoms with Gasteiger partial charge in [0.15, 0.2) is 0 Å². The Balaban J connectivity index is 1.35. The number of hydrogen-bond acceptors (Lipinski definition) is 3. The van der Waals surface area contributed by atoms with E-state index in [0.717, 1.165) is 36.8 Å². The van der Waals surface area contributed by atoms with Gasteiger partial charge < -0.3 is 15.0 Å². The first-order chi connectivity index (χ1) is 12.2. The number of fused-ring (bicyclic) bond motifs is 1. The van der Waals surface area contributed by atoms with Gasteiger partial charge in [-0.25, -0.2) is 9.59 Å². The van der Waals surface area contributed by atoms with Gasteiger partial charge in [-0.3, -0.25) is 4.90 Å². The predicted molar refractivity (Wildman–Crippen MR) is 95.8 cm³/mol. The molecule has 0 spiro atoms. The van der Waals surface area contributed by atoms with Crippen molar-refractivity contribution in [2.45, 2.75) is 32.1 Å². The summed E-state index contributed by atoms with van der Waals surface area (Å²) in [5.41, 5.74) is 1.55. The van der Waals surface area contributed by atoms with Crippen molar-refractivity contribution in [3.8, 4) is 0 Å². The molecule has 1 saturated carbocycles. The average molecular weight is 343 g/mol. The fourth-order valence-corrected chi connectivity index (χ4v) is 4.34. The highest BCUT2D eigenvalue weighted by Crippen LogP contribution is 2.36. The van der Waals surface area contributed by atoms with Gasteiger partial charge >= 0.3 is 12.1 Å². The van der Waals surface area contributed by atoms with Gasteiger partial charge in [-0.1, -0.05) is 19.3 Å². The van der Waals surface area contributed by atoms with E-state index in [4.69, 9.17) is 4.74 Å².